The number of furan rings is 1. The van der Waals surface area contributed by atoms with Crippen molar-refractivity contribution in [3.05, 3.63) is 30.4 Å². The molecule has 0 unspecified atom stereocenters. The van der Waals surface area contributed by atoms with E-state index in [4.69, 9.17) is 4.42 Å². The highest BCUT2D eigenvalue weighted by Gasteiger charge is 2.25. The smallest absolute Gasteiger partial charge is 0.289 e. The van der Waals surface area contributed by atoms with Crippen molar-refractivity contribution in [2.24, 2.45) is 0 Å². The summed E-state index contributed by atoms with van der Waals surface area (Å²) < 4.78 is 5.21. The Hall–Kier alpha value is -2.64. The van der Waals surface area contributed by atoms with Gasteiger partial charge in [0.15, 0.2) is 11.6 Å². The van der Waals surface area contributed by atoms with E-state index >= 15 is 0 Å². The van der Waals surface area contributed by atoms with E-state index in [0.717, 1.165) is 5.82 Å². The van der Waals surface area contributed by atoms with Crippen LogP contribution in [0.1, 0.15) is 49.1 Å². The Morgan fingerprint density at radius 2 is 1.89 bits per heavy atom. The lowest BCUT2D eigenvalue weighted by Gasteiger charge is -2.34. The van der Waals surface area contributed by atoms with Crippen LogP contribution in [0.2, 0.25) is 0 Å². The number of carbonyl (C=O) groups is 1. The molecule has 1 saturated carbocycles. The third-order valence-electron chi connectivity index (χ3n) is 5.36. The Balaban J connectivity index is 1.35. The van der Waals surface area contributed by atoms with Gasteiger partial charge >= 0.3 is 0 Å². The molecule has 4 rings (SSSR count). The maximum absolute atomic E-state index is 12.4. The third kappa shape index (κ3) is 4.37. The highest BCUT2D eigenvalue weighted by Crippen LogP contribution is 2.21. The van der Waals surface area contributed by atoms with E-state index in [0.29, 0.717) is 43.9 Å². The maximum Gasteiger partial charge on any atom is 0.289 e. The van der Waals surface area contributed by atoms with Crippen molar-refractivity contribution in [2.45, 2.75) is 44.6 Å². The van der Waals surface area contributed by atoms with Gasteiger partial charge in [0, 0.05) is 32.2 Å². The molecular formula is C19H26N6O2. The van der Waals surface area contributed by atoms with Gasteiger partial charge in [0.05, 0.1) is 12.5 Å². The van der Waals surface area contributed by atoms with Crippen LogP contribution in [-0.2, 0) is 0 Å². The number of piperazine rings is 1. The van der Waals surface area contributed by atoms with Crippen molar-refractivity contribution >= 4 is 17.7 Å². The number of anilines is 2. The zero-order valence-electron chi connectivity index (χ0n) is 15.5. The summed E-state index contributed by atoms with van der Waals surface area (Å²) in [7, 11) is 0. The predicted octanol–water partition coefficient (Wildman–Crippen LogP) is 2.56. The average Bonchev–Trinajstić information content (AvgIpc) is 3.13. The number of aromatic nitrogens is 3. The standard InChI is InChI=1S/C19H26N6O2/c26-18(16-8-5-13-27-16)25-11-9-24(10-12-25)17-14-20-23-19(22-17)21-15-6-3-1-2-4-7-15/h5,8,13-15H,1-4,6-7,9-12H2,(H,21,22,23). The van der Waals surface area contributed by atoms with Crippen LogP contribution in [0.15, 0.2) is 29.0 Å². The van der Waals surface area contributed by atoms with E-state index in [-0.39, 0.29) is 5.91 Å². The third-order valence-corrected chi connectivity index (χ3v) is 5.36. The molecule has 144 valence electrons. The summed E-state index contributed by atoms with van der Waals surface area (Å²) >= 11 is 0. The molecule has 8 heteroatoms. The maximum atomic E-state index is 12.4. The number of nitrogens with one attached hydrogen (secondary N) is 1. The van der Waals surface area contributed by atoms with Crippen molar-refractivity contribution in [3.63, 3.8) is 0 Å². The summed E-state index contributed by atoms with van der Waals surface area (Å²) in [5.41, 5.74) is 0. The van der Waals surface area contributed by atoms with E-state index in [9.17, 15) is 4.79 Å². The molecule has 0 bridgehead atoms. The highest BCUT2D eigenvalue weighted by atomic mass is 16.3. The molecule has 2 aromatic heterocycles. The number of hydrogen-bond acceptors (Lipinski definition) is 7. The van der Waals surface area contributed by atoms with E-state index in [1.807, 2.05) is 4.90 Å². The van der Waals surface area contributed by atoms with Gasteiger partial charge in [0.25, 0.3) is 5.91 Å². The van der Waals surface area contributed by atoms with Crippen molar-refractivity contribution in [1.29, 1.82) is 0 Å². The molecule has 1 aliphatic heterocycles. The molecule has 1 N–H and O–H groups in total. The molecule has 27 heavy (non-hydrogen) atoms. The Labute approximate surface area is 159 Å². The van der Waals surface area contributed by atoms with Crippen LogP contribution < -0.4 is 10.2 Å². The van der Waals surface area contributed by atoms with Crippen LogP contribution in [0.5, 0.6) is 0 Å². The van der Waals surface area contributed by atoms with E-state index in [1.165, 1.54) is 44.8 Å². The van der Waals surface area contributed by atoms with E-state index in [1.54, 1.807) is 18.3 Å². The number of hydrogen-bond donors (Lipinski definition) is 1. The largest absolute Gasteiger partial charge is 0.459 e. The lowest BCUT2D eigenvalue weighted by molar-refractivity contribution is 0.0714. The minimum atomic E-state index is -0.0591. The first kappa shape index (κ1) is 17.8. The number of carbonyl (C=O) groups excluding carboxylic acids is 1. The molecular weight excluding hydrogens is 344 g/mol. The van der Waals surface area contributed by atoms with Crippen LogP contribution in [0.25, 0.3) is 0 Å². The molecule has 8 nitrogen and oxygen atoms in total. The Bertz CT molecular complexity index is 734. The Kier molecular flexibility index (Phi) is 5.50. The summed E-state index contributed by atoms with van der Waals surface area (Å²) in [6, 6.07) is 3.88. The van der Waals surface area contributed by atoms with Gasteiger partial charge in [0.1, 0.15) is 0 Å². The lowest BCUT2D eigenvalue weighted by Crippen LogP contribution is -2.49. The van der Waals surface area contributed by atoms with Gasteiger partial charge in [0.2, 0.25) is 5.95 Å². The monoisotopic (exact) mass is 370 g/mol. The molecule has 0 radical (unpaired) electrons. The SMILES string of the molecule is O=C(c1ccco1)N1CCN(c2cnnc(NC3CCCCCC3)n2)CC1. The Morgan fingerprint density at radius 3 is 2.59 bits per heavy atom. The second kappa shape index (κ2) is 8.37. The summed E-state index contributed by atoms with van der Waals surface area (Å²) in [6.07, 6.45) is 10.7. The summed E-state index contributed by atoms with van der Waals surface area (Å²) in [6.45, 7) is 2.70. The van der Waals surface area contributed by atoms with Crippen molar-refractivity contribution in [1.82, 2.24) is 20.1 Å². The summed E-state index contributed by atoms with van der Waals surface area (Å²) in [5.74, 6) is 1.75. The van der Waals surface area contributed by atoms with E-state index < -0.39 is 0 Å². The molecule has 1 saturated heterocycles. The second-order valence-corrected chi connectivity index (χ2v) is 7.23. The lowest BCUT2D eigenvalue weighted by atomic mass is 10.1. The number of rotatable bonds is 4. The van der Waals surface area contributed by atoms with Gasteiger partial charge in [-0.15, -0.1) is 5.10 Å². The fourth-order valence-electron chi connectivity index (χ4n) is 3.81. The molecule has 0 atom stereocenters. The zero-order valence-corrected chi connectivity index (χ0v) is 15.5. The number of nitrogens with zero attached hydrogens (tertiary/aromatic N) is 5. The molecule has 2 fully saturated rings. The molecule has 1 amide bonds. The molecule has 0 spiro atoms. The van der Waals surface area contributed by atoms with Gasteiger partial charge in [-0.3, -0.25) is 4.79 Å². The van der Waals surface area contributed by atoms with Gasteiger partial charge in [-0.25, -0.2) is 0 Å². The predicted molar refractivity (Wildman–Crippen MR) is 102 cm³/mol. The normalized spacial score (nSPS) is 19.0. The first-order valence-electron chi connectivity index (χ1n) is 9.83. The fourth-order valence-corrected chi connectivity index (χ4v) is 3.81. The zero-order chi connectivity index (χ0) is 18.5. The second-order valence-electron chi connectivity index (χ2n) is 7.23. The van der Waals surface area contributed by atoms with Crippen molar-refractivity contribution in [3.8, 4) is 0 Å². The van der Waals surface area contributed by atoms with Crippen LogP contribution >= 0.6 is 0 Å². The van der Waals surface area contributed by atoms with Crippen molar-refractivity contribution in [2.75, 3.05) is 36.4 Å². The first-order valence-corrected chi connectivity index (χ1v) is 9.83. The van der Waals surface area contributed by atoms with Crippen LogP contribution in [0, 0.1) is 0 Å². The van der Waals surface area contributed by atoms with Crippen LogP contribution in [0.3, 0.4) is 0 Å². The van der Waals surface area contributed by atoms with Crippen LogP contribution in [-0.4, -0.2) is 58.2 Å². The summed E-state index contributed by atoms with van der Waals surface area (Å²) in [5, 5.41) is 11.7. The first-order chi connectivity index (χ1) is 13.3. The molecule has 0 aromatic carbocycles. The molecule has 2 aromatic rings. The molecule has 1 aliphatic carbocycles. The highest BCUT2D eigenvalue weighted by molar-refractivity contribution is 5.91. The minimum Gasteiger partial charge on any atom is -0.459 e. The van der Waals surface area contributed by atoms with Crippen LogP contribution in [0.4, 0.5) is 11.8 Å². The quantitative estimate of drug-likeness (QED) is 0.828. The Morgan fingerprint density at radius 1 is 1.11 bits per heavy atom. The van der Waals surface area contributed by atoms with Gasteiger partial charge in [-0.1, -0.05) is 25.7 Å². The minimum absolute atomic E-state index is 0.0591. The summed E-state index contributed by atoms with van der Waals surface area (Å²) in [4.78, 5) is 21.0. The van der Waals surface area contributed by atoms with Gasteiger partial charge < -0.3 is 19.5 Å². The molecule has 2 aliphatic rings. The van der Waals surface area contributed by atoms with E-state index in [2.05, 4.69) is 25.4 Å². The molecule has 3 heterocycles. The fraction of sp³-hybridized carbons (Fsp3) is 0.579. The number of amides is 1. The topological polar surface area (TPSA) is 87.4 Å². The van der Waals surface area contributed by atoms with Gasteiger partial charge in [-0.2, -0.15) is 10.1 Å². The van der Waals surface area contributed by atoms with Crippen molar-refractivity contribution < 1.29 is 9.21 Å². The average molecular weight is 370 g/mol. The van der Waals surface area contributed by atoms with Gasteiger partial charge in [-0.05, 0) is 25.0 Å².